The van der Waals surface area contributed by atoms with Gasteiger partial charge in [-0.05, 0) is 25.5 Å². The van der Waals surface area contributed by atoms with Gasteiger partial charge in [0.05, 0.1) is 5.41 Å². The number of rotatable bonds is 4. The number of phenolic OH excluding ortho intramolecular Hbond substituents is 1. The molecule has 0 aliphatic rings. The molecule has 0 saturated heterocycles. The molecule has 0 bridgehead atoms. The summed E-state index contributed by atoms with van der Waals surface area (Å²) in [6, 6.07) is 10.7. The van der Waals surface area contributed by atoms with E-state index in [-0.39, 0.29) is 11.7 Å². The van der Waals surface area contributed by atoms with Gasteiger partial charge in [-0.1, -0.05) is 31.2 Å². The van der Waals surface area contributed by atoms with Crippen molar-refractivity contribution < 1.29 is 9.90 Å². The Hall–Kier alpha value is -2.07. The maximum Gasteiger partial charge on any atom is 0.231 e. The van der Waals surface area contributed by atoms with Crippen molar-refractivity contribution in [2.45, 2.75) is 20.3 Å². The highest BCUT2D eigenvalue weighted by atomic mass is 16.3. The zero-order valence-corrected chi connectivity index (χ0v) is 11.8. The Morgan fingerprint density at radius 3 is 2.55 bits per heavy atom. The topological polar surface area (TPSA) is 75.4 Å². The molecule has 1 unspecified atom stereocenters. The largest absolute Gasteiger partial charge is 0.507 e. The van der Waals surface area contributed by atoms with Crippen LogP contribution in [0.3, 0.4) is 0 Å². The molecular formula is C16H20N2O2. The van der Waals surface area contributed by atoms with E-state index >= 15 is 0 Å². The van der Waals surface area contributed by atoms with Crippen LogP contribution < -0.4 is 11.1 Å². The van der Waals surface area contributed by atoms with Crippen molar-refractivity contribution in [1.82, 2.24) is 0 Å². The Labute approximate surface area is 118 Å². The van der Waals surface area contributed by atoms with Crippen LogP contribution in [-0.2, 0) is 4.79 Å². The van der Waals surface area contributed by atoms with Gasteiger partial charge in [0.25, 0.3) is 0 Å². The van der Waals surface area contributed by atoms with Crippen LogP contribution in [-0.4, -0.2) is 17.6 Å². The van der Waals surface area contributed by atoms with Gasteiger partial charge in [-0.15, -0.1) is 0 Å². The molecule has 0 spiro atoms. The minimum atomic E-state index is -0.584. The Morgan fingerprint density at radius 1 is 1.25 bits per heavy atom. The second kappa shape index (κ2) is 5.51. The van der Waals surface area contributed by atoms with Crippen LogP contribution >= 0.6 is 0 Å². The van der Waals surface area contributed by atoms with Crippen LogP contribution in [0.5, 0.6) is 5.75 Å². The highest BCUT2D eigenvalue weighted by Crippen LogP contribution is 2.31. The van der Waals surface area contributed by atoms with Gasteiger partial charge in [-0.2, -0.15) is 0 Å². The minimum Gasteiger partial charge on any atom is -0.507 e. The Kier molecular flexibility index (Phi) is 3.95. The van der Waals surface area contributed by atoms with Crippen LogP contribution in [0.2, 0.25) is 0 Å². The highest BCUT2D eigenvalue weighted by molar-refractivity contribution is 6.05. The molecule has 4 heteroatoms. The molecule has 106 valence electrons. The van der Waals surface area contributed by atoms with Crippen molar-refractivity contribution in [3.63, 3.8) is 0 Å². The number of anilines is 1. The lowest BCUT2D eigenvalue weighted by Crippen LogP contribution is -2.39. The van der Waals surface area contributed by atoms with Gasteiger partial charge < -0.3 is 16.2 Å². The molecule has 4 nitrogen and oxygen atoms in total. The van der Waals surface area contributed by atoms with Crippen molar-refractivity contribution in [1.29, 1.82) is 0 Å². The van der Waals surface area contributed by atoms with E-state index in [4.69, 9.17) is 5.73 Å². The van der Waals surface area contributed by atoms with E-state index in [2.05, 4.69) is 5.32 Å². The van der Waals surface area contributed by atoms with Gasteiger partial charge in [0.2, 0.25) is 5.91 Å². The lowest BCUT2D eigenvalue weighted by atomic mass is 9.86. The SMILES string of the molecule is CCC(C)(CN)C(=O)Nc1cccc2c(O)cccc12. The van der Waals surface area contributed by atoms with Gasteiger partial charge in [0.15, 0.2) is 0 Å². The molecule has 1 amide bonds. The third-order valence-corrected chi connectivity index (χ3v) is 3.93. The summed E-state index contributed by atoms with van der Waals surface area (Å²) in [5.41, 5.74) is 5.81. The average molecular weight is 272 g/mol. The van der Waals surface area contributed by atoms with Gasteiger partial charge in [0.1, 0.15) is 5.75 Å². The first kappa shape index (κ1) is 14.3. The number of nitrogens with one attached hydrogen (secondary N) is 1. The smallest absolute Gasteiger partial charge is 0.231 e. The van der Waals surface area contributed by atoms with Gasteiger partial charge >= 0.3 is 0 Å². The second-order valence-corrected chi connectivity index (χ2v) is 5.25. The fourth-order valence-electron chi connectivity index (χ4n) is 2.07. The first-order valence-corrected chi connectivity index (χ1v) is 6.74. The molecule has 2 aromatic carbocycles. The summed E-state index contributed by atoms with van der Waals surface area (Å²) in [6.45, 7) is 4.09. The van der Waals surface area contributed by atoms with Crippen LogP contribution in [0.15, 0.2) is 36.4 Å². The zero-order valence-electron chi connectivity index (χ0n) is 11.8. The molecule has 0 saturated carbocycles. The van der Waals surface area contributed by atoms with E-state index in [0.29, 0.717) is 18.7 Å². The van der Waals surface area contributed by atoms with Crippen molar-refractivity contribution in [3.05, 3.63) is 36.4 Å². The van der Waals surface area contributed by atoms with Gasteiger partial charge in [-0.3, -0.25) is 4.79 Å². The quantitative estimate of drug-likeness (QED) is 0.801. The molecule has 2 aromatic rings. The number of nitrogens with two attached hydrogens (primary N) is 1. The maximum atomic E-state index is 12.4. The number of aromatic hydroxyl groups is 1. The summed E-state index contributed by atoms with van der Waals surface area (Å²) in [5.74, 6) is 0.106. The lowest BCUT2D eigenvalue weighted by Gasteiger charge is -2.25. The van der Waals surface area contributed by atoms with Crippen LogP contribution in [0, 0.1) is 5.41 Å². The third-order valence-electron chi connectivity index (χ3n) is 3.93. The summed E-state index contributed by atoms with van der Waals surface area (Å²) in [6.07, 6.45) is 0.672. The molecule has 0 fully saturated rings. The fraction of sp³-hybridized carbons (Fsp3) is 0.312. The van der Waals surface area contributed by atoms with Gasteiger partial charge in [-0.25, -0.2) is 0 Å². The number of carbonyl (C=O) groups is 1. The average Bonchev–Trinajstić information content (AvgIpc) is 2.47. The standard InChI is InChI=1S/C16H20N2O2/c1-3-16(2,10-17)15(20)18-13-8-4-7-12-11(13)6-5-9-14(12)19/h4-9,19H,3,10,17H2,1-2H3,(H,18,20). The number of benzene rings is 2. The maximum absolute atomic E-state index is 12.4. The van der Waals surface area contributed by atoms with E-state index in [1.807, 2.05) is 38.1 Å². The van der Waals surface area contributed by atoms with Crippen molar-refractivity contribution >= 4 is 22.4 Å². The molecular weight excluding hydrogens is 252 g/mol. The predicted molar refractivity (Wildman–Crippen MR) is 81.7 cm³/mol. The Balaban J connectivity index is 2.40. The molecule has 20 heavy (non-hydrogen) atoms. The third kappa shape index (κ3) is 2.47. The van der Waals surface area contributed by atoms with E-state index in [1.165, 1.54) is 0 Å². The number of hydrogen-bond donors (Lipinski definition) is 3. The molecule has 1 atom stereocenters. The zero-order chi connectivity index (χ0) is 14.8. The monoisotopic (exact) mass is 272 g/mol. The second-order valence-electron chi connectivity index (χ2n) is 5.25. The van der Waals surface area contributed by atoms with E-state index in [1.54, 1.807) is 12.1 Å². The summed E-state index contributed by atoms with van der Waals surface area (Å²) in [4.78, 5) is 12.4. The summed E-state index contributed by atoms with van der Waals surface area (Å²) < 4.78 is 0. The number of amides is 1. The van der Waals surface area contributed by atoms with Crippen LogP contribution in [0.4, 0.5) is 5.69 Å². The van der Waals surface area contributed by atoms with Crippen molar-refractivity contribution in [2.75, 3.05) is 11.9 Å². The molecule has 2 rings (SSSR count). The summed E-state index contributed by atoms with van der Waals surface area (Å²) >= 11 is 0. The first-order chi connectivity index (χ1) is 9.51. The Morgan fingerprint density at radius 2 is 1.90 bits per heavy atom. The van der Waals surface area contributed by atoms with Crippen molar-refractivity contribution in [3.8, 4) is 5.75 Å². The number of phenols is 1. The van der Waals surface area contributed by atoms with Gasteiger partial charge in [0, 0.05) is 23.0 Å². The molecule has 0 heterocycles. The fourth-order valence-corrected chi connectivity index (χ4v) is 2.07. The number of carbonyl (C=O) groups excluding carboxylic acids is 1. The summed E-state index contributed by atoms with van der Waals surface area (Å²) in [5, 5.41) is 14.3. The minimum absolute atomic E-state index is 0.0988. The van der Waals surface area contributed by atoms with Crippen LogP contribution in [0.25, 0.3) is 10.8 Å². The normalized spacial score (nSPS) is 13.9. The highest BCUT2D eigenvalue weighted by Gasteiger charge is 2.29. The predicted octanol–water partition coefficient (Wildman–Crippen LogP) is 2.86. The van der Waals surface area contributed by atoms with E-state index < -0.39 is 5.41 Å². The van der Waals surface area contributed by atoms with Crippen molar-refractivity contribution in [2.24, 2.45) is 11.1 Å². The number of hydrogen-bond acceptors (Lipinski definition) is 3. The van der Waals surface area contributed by atoms with E-state index in [0.717, 1.165) is 10.8 Å². The summed E-state index contributed by atoms with van der Waals surface area (Å²) in [7, 11) is 0. The van der Waals surface area contributed by atoms with E-state index in [9.17, 15) is 9.90 Å². The lowest BCUT2D eigenvalue weighted by molar-refractivity contribution is -0.124. The Bertz CT molecular complexity index is 633. The molecule has 0 radical (unpaired) electrons. The molecule has 0 aliphatic heterocycles. The molecule has 0 aromatic heterocycles. The first-order valence-electron chi connectivity index (χ1n) is 6.74. The molecule has 4 N–H and O–H groups in total. The molecule has 0 aliphatic carbocycles. The van der Waals surface area contributed by atoms with Crippen LogP contribution in [0.1, 0.15) is 20.3 Å². The number of fused-ring (bicyclic) bond motifs is 1.